The average molecular weight is 146 g/mol. The Balaban J connectivity index is 2.83. The molecule has 2 rings (SSSR count). The zero-order valence-corrected chi connectivity index (χ0v) is 5.74. The van der Waals surface area contributed by atoms with Gasteiger partial charge in [0.1, 0.15) is 0 Å². The molecule has 3 nitrogen and oxygen atoms in total. The number of hydrogen-bond acceptors (Lipinski definition) is 2. The van der Waals surface area contributed by atoms with Crippen LogP contribution in [0.1, 0.15) is 0 Å². The van der Waals surface area contributed by atoms with Gasteiger partial charge in [0.15, 0.2) is 0 Å². The lowest BCUT2D eigenvalue weighted by molar-refractivity contribution is 1.33. The molecular formula is C8H6N2O. The molecule has 3 heteroatoms. The standard InChI is InChI=1S/C8H6N2O/c11-8-4-6-5-9-3-1-2-7(6)10-8/h1-5H,(H,10,11). The summed E-state index contributed by atoms with van der Waals surface area (Å²) in [5, 5.41) is 0. The minimum atomic E-state index is -0.0759. The molecular weight excluding hydrogens is 140 g/mol. The Morgan fingerprint density at radius 1 is 1.45 bits per heavy atom. The highest BCUT2D eigenvalue weighted by atomic mass is 16.1. The quantitative estimate of drug-likeness (QED) is 0.599. The number of H-pyrrole nitrogens is 1. The van der Waals surface area contributed by atoms with Crippen molar-refractivity contribution in [1.29, 1.82) is 0 Å². The van der Waals surface area contributed by atoms with E-state index >= 15 is 0 Å². The van der Waals surface area contributed by atoms with E-state index in [0.29, 0.717) is 0 Å². The highest BCUT2D eigenvalue weighted by Crippen LogP contribution is 2.12. The Labute approximate surface area is 63.1 Å². The summed E-state index contributed by atoms with van der Waals surface area (Å²) >= 11 is 0. The lowest BCUT2D eigenvalue weighted by atomic mass is 10.3. The third kappa shape index (κ3) is 1.00. The van der Waals surface area contributed by atoms with Crippen molar-refractivity contribution in [3.05, 3.63) is 40.9 Å². The van der Waals surface area contributed by atoms with Crippen LogP contribution in [0.2, 0.25) is 0 Å². The fourth-order valence-electron chi connectivity index (χ4n) is 1.02. The van der Waals surface area contributed by atoms with Crippen LogP contribution in [0.5, 0.6) is 0 Å². The van der Waals surface area contributed by atoms with Crippen molar-refractivity contribution in [2.45, 2.75) is 0 Å². The molecule has 11 heavy (non-hydrogen) atoms. The third-order valence-corrected chi connectivity index (χ3v) is 1.50. The van der Waals surface area contributed by atoms with Crippen molar-refractivity contribution >= 4 is 0 Å². The normalized spacial score (nSPS) is 10.2. The average Bonchev–Trinajstić information content (AvgIpc) is 2.17. The summed E-state index contributed by atoms with van der Waals surface area (Å²) in [6.07, 6.45) is 3.34. The van der Waals surface area contributed by atoms with Crippen LogP contribution >= 0.6 is 0 Å². The maximum atomic E-state index is 10.8. The molecule has 0 aromatic heterocycles. The summed E-state index contributed by atoms with van der Waals surface area (Å²) in [6, 6.07) is 5.14. The van der Waals surface area contributed by atoms with Crippen molar-refractivity contribution < 1.29 is 0 Å². The van der Waals surface area contributed by atoms with Crippen molar-refractivity contribution in [2.75, 3.05) is 0 Å². The molecule has 0 aromatic rings. The predicted octanol–water partition coefficient (Wildman–Crippen LogP) is 0.875. The van der Waals surface area contributed by atoms with Crippen LogP contribution in [0.4, 0.5) is 0 Å². The number of nitrogens with zero attached hydrogens (tertiary/aromatic N) is 1. The molecule has 2 aliphatic rings. The molecule has 0 aliphatic carbocycles. The Morgan fingerprint density at radius 3 is 3.27 bits per heavy atom. The second kappa shape index (κ2) is 2.20. The molecule has 0 fully saturated rings. The molecule has 0 amide bonds. The van der Waals surface area contributed by atoms with E-state index in [-0.39, 0.29) is 5.56 Å². The highest BCUT2D eigenvalue weighted by Gasteiger charge is 2.00. The number of nitrogens with one attached hydrogen (secondary N) is 1. The predicted molar refractivity (Wildman–Crippen MR) is 41.5 cm³/mol. The van der Waals surface area contributed by atoms with E-state index in [1.165, 1.54) is 6.07 Å². The van der Waals surface area contributed by atoms with Gasteiger partial charge in [-0.05, 0) is 12.1 Å². The zero-order valence-electron chi connectivity index (χ0n) is 5.74. The van der Waals surface area contributed by atoms with Crippen LogP contribution in [0.15, 0.2) is 35.4 Å². The molecule has 0 bridgehead atoms. The van der Waals surface area contributed by atoms with Gasteiger partial charge in [-0.25, -0.2) is 0 Å². The highest BCUT2D eigenvalue weighted by molar-refractivity contribution is 5.58. The van der Waals surface area contributed by atoms with Crippen LogP contribution in [-0.4, -0.2) is 9.97 Å². The molecule has 54 valence electrons. The first kappa shape index (κ1) is 6.09. The summed E-state index contributed by atoms with van der Waals surface area (Å²) in [7, 11) is 0. The van der Waals surface area contributed by atoms with Crippen LogP contribution in [0, 0.1) is 0 Å². The summed E-state index contributed by atoms with van der Waals surface area (Å²) in [6.45, 7) is 0. The molecule has 0 saturated heterocycles. The molecule has 2 aliphatic heterocycles. The minimum absolute atomic E-state index is 0.0759. The van der Waals surface area contributed by atoms with Gasteiger partial charge in [-0.3, -0.25) is 9.78 Å². The Morgan fingerprint density at radius 2 is 2.36 bits per heavy atom. The monoisotopic (exact) mass is 146 g/mol. The molecule has 0 radical (unpaired) electrons. The number of fused-ring (bicyclic) bond motifs is 1. The van der Waals surface area contributed by atoms with Gasteiger partial charge in [0.25, 0.3) is 0 Å². The van der Waals surface area contributed by atoms with Crippen LogP contribution < -0.4 is 5.56 Å². The SMILES string of the molecule is O=c1cc2cncccc-2[nH]1. The van der Waals surface area contributed by atoms with E-state index in [2.05, 4.69) is 9.97 Å². The van der Waals surface area contributed by atoms with Gasteiger partial charge in [-0.1, -0.05) is 0 Å². The van der Waals surface area contributed by atoms with Gasteiger partial charge in [0.05, 0.1) is 5.69 Å². The molecule has 0 spiro atoms. The number of aromatic amines is 1. The molecule has 0 aromatic carbocycles. The van der Waals surface area contributed by atoms with E-state index in [4.69, 9.17) is 0 Å². The molecule has 1 N–H and O–H groups in total. The summed E-state index contributed by atoms with van der Waals surface area (Å²) in [4.78, 5) is 17.4. The largest absolute Gasteiger partial charge is 0.322 e. The molecule has 2 heterocycles. The third-order valence-electron chi connectivity index (χ3n) is 1.50. The first-order valence-corrected chi connectivity index (χ1v) is 3.29. The van der Waals surface area contributed by atoms with Gasteiger partial charge < -0.3 is 4.98 Å². The maximum absolute atomic E-state index is 10.8. The lowest BCUT2D eigenvalue weighted by Gasteiger charge is -1.83. The van der Waals surface area contributed by atoms with Gasteiger partial charge in [0, 0.05) is 24.0 Å². The number of rotatable bonds is 0. The minimum Gasteiger partial charge on any atom is -0.322 e. The molecule has 0 unspecified atom stereocenters. The second-order valence-electron chi connectivity index (χ2n) is 2.29. The maximum Gasteiger partial charge on any atom is 0.249 e. The van der Waals surface area contributed by atoms with E-state index < -0.39 is 0 Å². The topological polar surface area (TPSA) is 45.8 Å². The van der Waals surface area contributed by atoms with Gasteiger partial charge in [-0.15, -0.1) is 0 Å². The molecule has 0 saturated carbocycles. The zero-order chi connectivity index (χ0) is 7.68. The first-order chi connectivity index (χ1) is 5.36. The fourth-order valence-corrected chi connectivity index (χ4v) is 1.02. The van der Waals surface area contributed by atoms with Crippen molar-refractivity contribution in [1.82, 2.24) is 9.97 Å². The molecule has 0 atom stereocenters. The second-order valence-corrected chi connectivity index (χ2v) is 2.29. The van der Waals surface area contributed by atoms with E-state index in [9.17, 15) is 4.79 Å². The van der Waals surface area contributed by atoms with Crippen LogP contribution in [-0.2, 0) is 0 Å². The van der Waals surface area contributed by atoms with Gasteiger partial charge >= 0.3 is 0 Å². The fraction of sp³-hybridized carbons (Fsp3) is 0. The Hall–Kier alpha value is -1.64. The van der Waals surface area contributed by atoms with Gasteiger partial charge in [0.2, 0.25) is 5.56 Å². The van der Waals surface area contributed by atoms with Crippen molar-refractivity contribution in [3.8, 4) is 11.3 Å². The van der Waals surface area contributed by atoms with Crippen LogP contribution in [0.3, 0.4) is 0 Å². The Kier molecular flexibility index (Phi) is 1.22. The lowest BCUT2D eigenvalue weighted by Crippen LogP contribution is -1.92. The van der Waals surface area contributed by atoms with Crippen molar-refractivity contribution in [2.24, 2.45) is 0 Å². The number of aromatic nitrogens is 2. The van der Waals surface area contributed by atoms with E-state index in [0.717, 1.165) is 11.3 Å². The Bertz CT molecular complexity index is 360. The van der Waals surface area contributed by atoms with E-state index in [1.54, 1.807) is 18.5 Å². The van der Waals surface area contributed by atoms with Gasteiger partial charge in [-0.2, -0.15) is 0 Å². The smallest absolute Gasteiger partial charge is 0.249 e. The first-order valence-electron chi connectivity index (χ1n) is 3.29. The van der Waals surface area contributed by atoms with Crippen LogP contribution in [0.25, 0.3) is 11.3 Å². The number of hydrogen-bond donors (Lipinski definition) is 1. The summed E-state index contributed by atoms with van der Waals surface area (Å²) in [5.41, 5.74) is 1.60. The summed E-state index contributed by atoms with van der Waals surface area (Å²) < 4.78 is 0. The summed E-state index contributed by atoms with van der Waals surface area (Å²) in [5.74, 6) is 0. The van der Waals surface area contributed by atoms with Crippen molar-refractivity contribution in [3.63, 3.8) is 0 Å². The van der Waals surface area contributed by atoms with E-state index in [1.807, 2.05) is 6.07 Å².